The molecule has 0 unspecified atom stereocenters. The number of aryl methyl sites for hydroxylation is 1. The molecule has 0 bridgehead atoms. The van der Waals surface area contributed by atoms with Crippen molar-refractivity contribution in [2.24, 2.45) is 11.8 Å². The molecule has 0 saturated heterocycles. The van der Waals surface area contributed by atoms with Crippen molar-refractivity contribution in [1.29, 1.82) is 0 Å². The van der Waals surface area contributed by atoms with Gasteiger partial charge in [0.25, 0.3) is 11.3 Å². The number of nitrogens with zero attached hydrogens (tertiary/aromatic N) is 3. The Labute approximate surface area is 173 Å². The van der Waals surface area contributed by atoms with Crippen molar-refractivity contribution in [3.63, 3.8) is 0 Å². The number of hydrogen-bond donors (Lipinski definition) is 1. The van der Waals surface area contributed by atoms with Crippen molar-refractivity contribution in [2.45, 2.75) is 52.1 Å². The third kappa shape index (κ3) is 3.99. The second-order valence-electron chi connectivity index (χ2n) is 8.15. The average molecular weight is 412 g/mol. The van der Waals surface area contributed by atoms with Crippen LogP contribution in [0.1, 0.15) is 39.5 Å². The molecule has 1 saturated carbocycles. The Morgan fingerprint density at radius 2 is 2.03 bits per heavy atom. The zero-order valence-electron chi connectivity index (χ0n) is 17.1. The standard InChI is InChI=1S/C22H25FN4O3/c1-13-4-3-5-17(14(13)2)25-18(28)10-11-27-12-24-21-19(22(27)29)20(26-30-21)15-6-8-16(23)9-7-15/h6-9,12-14,17H,3-5,10-11H2,1-2H3,(H,25,28)/t13-,14-,17+/m1/s1. The third-order valence-electron chi connectivity index (χ3n) is 6.21. The second-order valence-corrected chi connectivity index (χ2v) is 8.15. The molecule has 1 aliphatic rings. The Bertz CT molecular complexity index is 1110. The summed E-state index contributed by atoms with van der Waals surface area (Å²) < 4.78 is 19.8. The molecule has 3 aromatic rings. The first-order chi connectivity index (χ1) is 14.4. The summed E-state index contributed by atoms with van der Waals surface area (Å²) in [4.78, 5) is 29.6. The number of carbonyl (C=O) groups is 1. The molecule has 7 nitrogen and oxygen atoms in total. The van der Waals surface area contributed by atoms with Gasteiger partial charge in [-0.05, 0) is 42.5 Å². The molecule has 1 aliphatic carbocycles. The number of hydrogen-bond acceptors (Lipinski definition) is 5. The Balaban J connectivity index is 1.50. The number of nitrogens with one attached hydrogen (secondary N) is 1. The van der Waals surface area contributed by atoms with Crippen LogP contribution in [-0.2, 0) is 11.3 Å². The van der Waals surface area contributed by atoms with Crippen molar-refractivity contribution in [3.05, 3.63) is 46.8 Å². The summed E-state index contributed by atoms with van der Waals surface area (Å²) in [5, 5.41) is 7.28. The number of carbonyl (C=O) groups excluding carboxylic acids is 1. The first-order valence-electron chi connectivity index (χ1n) is 10.3. The summed E-state index contributed by atoms with van der Waals surface area (Å²) in [5.41, 5.74) is 0.648. The molecule has 2 heterocycles. The molecule has 8 heteroatoms. The number of benzene rings is 1. The van der Waals surface area contributed by atoms with Crippen LogP contribution in [0.3, 0.4) is 0 Å². The van der Waals surface area contributed by atoms with Crippen molar-refractivity contribution in [3.8, 4) is 11.3 Å². The minimum absolute atomic E-state index is 0.0722. The van der Waals surface area contributed by atoms with Crippen molar-refractivity contribution < 1.29 is 13.7 Å². The predicted octanol–water partition coefficient (Wildman–Crippen LogP) is 3.52. The van der Waals surface area contributed by atoms with Gasteiger partial charge in [-0.3, -0.25) is 14.2 Å². The molecule has 0 radical (unpaired) electrons. The first kappa shape index (κ1) is 20.3. The van der Waals surface area contributed by atoms with Gasteiger partial charge in [-0.15, -0.1) is 0 Å². The van der Waals surface area contributed by atoms with Crippen molar-refractivity contribution in [1.82, 2.24) is 20.0 Å². The van der Waals surface area contributed by atoms with E-state index in [4.69, 9.17) is 4.52 Å². The van der Waals surface area contributed by atoms with E-state index in [0.717, 1.165) is 12.8 Å². The Kier molecular flexibility index (Phi) is 5.65. The zero-order valence-corrected chi connectivity index (χ0v) is 17.1. The lowest BCUT2D eigenvalue weighted by molar-refractivity contribution is -0.122. The van der Waals surface area contributed by atoms with Gasteiger partial charge in [0.1, 0.15) is 23.2 Å². The van der Waals surface area contributed by atoms with E-state index in [-0.39, 0.29) is 47.4 Å². The lowest BCUT2D eigenvalue weighted by atomic mass is 9.78. The van der Waals surface area contributed by atoms with E-state index < -0.39 is 0 Å². The lowest BCUT2D eigenvalue weighted by Gasteiger charge is -2.34. The molecule has 1 aromatic carbocycles. The first-order valence-corrected chi connectivity index (χ1v) is 10.3. The van der Waals surface area contributed by atoms with Crippen LogP contribution in [0.15, 0.2) is 39.9 Å². The van der Waals surface area contributed by atoms with E-state index in [1.54, 1.807) is 0 Å². The molecule has 0 spiro atoms. The second kappa shape index (κ2) is 8.38. The Hall–Kier alpha value is -3.03. The van der Waals surface area contributed by atoms with Gasteiger partial charge >= 0.3 is 0 Å². The smallest absolute Gasteiger partial charge is 0.266 e. The van der Waals surface area contributed by atoms with Gasteiger partial charge in [0.15, 0.2) is 0 Å². The van der Waals surface area contributed by atoms with Crippen LogP contribution in [0.4, 0.5) is 4.39 Å². The summed E-state index contributed by atoms with van der Waals surface area (Å²) in [6.07, 6.45) is 4.86. The van der Waals surface area contributed by atoms with E-state index in [2.05, 4.69) is 29.3 Å². The van der Waals surface area contributed by atoms with E-state index in [1.165, 1.54) is 41.6 Å². The van der Waals surface area contributed by atoms with Gasteiger partial charge in [-0.2, -0.15) is 0 Å². The number of amides is 1. The zero-order chi connectivity index (χ0) is 21.3. The molecular formula is C22H25FN4O3. The molecule has 0 aliphatic heterocycles. The van der Waals surface area contributed by atoms with Gasteiger partial charge in [0.05, 0.1) is 0 Å². The number of rotatable bonds is 5. The molecule has 3 atom stereocenters. The molecule has 1 amide bonds. The monoisotopic (exact) mass is 412 g/mol. The summed E-state index contributed by atoms with van der Waals surface area (Å²) >= 11 is 0. The molecule has 1 N–H and O–H groups in total. The van der Waals surface area contributed by atoms with Crippen molar-refractivity contribution in [2.75, 3.05) is 0 Å². The fourth-order valence-electron chi connectivity index (χ4n) is 4.13. The van der Waals surface area contributed by atoms with E-state index in [9.17, 15) is 14.0 Å². The van der Waals surface area contributed by atoms with E-state index in [1.807, 2.05) is 0 Å². The normalized spacial score (nSPS) is 21.6. The highest BCUT2D eigenvalue weighted by molar-refractivity contribution is 5.88. The van der Waals surface area contributed by atoms with E-state index >= 15 is 0 Å². The number of aromatic nitrogens is 3. The van der Waals surface area contributed by atoms with Crippen molar-refractivity contribution >= 4 is 17.0 Å². The third-order valence-corrected chi connectivity index (χ3v) is 6.21. The highest BCUT2D eigenvalue weighted by Crippen LogP contribution is 2.29. The van der Waals surface area contributed by atoms with E-state index in [0.29, 0.717) is 23.1 Å². The highest BCUT2D eigenvalue weighted by Gasteiger charge is 2.28. The summed E-state index contributed by atoms with van der Waals surface area (Å²) in [5.74, 6) is 0.585. The minimum atomic E-state index is -0.380. The Morgan fingerprint density at radius 1 is 1.27 bits per heavy atom. The molecule has 4 rings (SSSR count). The predicted molar refractivity (Wildman–Crippen MR) is 110 cm³/mol. The van der Waals surface area contributed by atoms with Gasteiger partial charge in [-0.25, -0.2) is 9.37 Å². The average Bonchev–Trinajstić information content (AvgIpc) is 3.16. The summed E-state index contributed by atoms with van der Waals surface area (Å²) in [6.45, 7) is 4.61. The molecular weight excluding hydrogens is 387 g/mol. The highest BCUT2D eigenvalue weighted by atomic mass is 19.1. The van der Waals surface area contributed by atoms with Crippen LogP contribution >= 0.6 is 0 Å². The molecule has 1 fully saturated rings. The fraction of sp³-hybridized carbons (Fsp3) is 0.455. The number of halogens is 1. The largest absolute Gasteiger partial charge is 0.353 e. The van der Waals surface area contributed by atoms with Crippen LogP contribution < -0.4 is 10.9 Å². The van der Waals surface area contributed by atoms with Gasteiger partial charge in [0.2, 0.25) is 5.91 Å². The maximum atomic E-state index is 13.2. The topological polar surface area (TPSA) is 90.0 Å². The molecule has 2 aromatic heterocycles. The SMILES string of the molecule is C[C@@H]1[C@H](C)CCC[C@@H]1NC(=O)CCn1cnc2onc(-c3ccc(F)cc3)c2c1=O. The number of fused-ring (bicyclic) bond motifs is 1. The quantitative estimate of drug-likeness (QED) is 0.692. The molecule has 158 valence electrons. The lowest BCUT2D eigenvalue weighted by Crippen LogP contribution is -2.44. The minimum Gasteiger partial charge on any atom is -0.353 e. The summed E-state index contributed by atoms with van der Waals surface area (Å²) in [7, 11) is 0. The van der Waals surface area contributed by atoms with Crippen LogP contribution in [0.25, 0.3) is 22.4 Å². The molecule has 30 heavy (non-hydrogen) atoms. The van der Waals surface area contributed by atoms with Gasteiger partial charge in [-0.1, -0.05) is 31.8 Å². The maximum absolute atomic E-state index is 13.2. The van der Waals surface area contributed by atoms with Crippen LogP contribution in [0, 0.1) is 17.7 Å². The van der Waals surface area contributed by atoms with Gasteiger partial charge in [0, 0.05) is 24.6 Å². The fourth-order valence-corrected chi connectivity index (χ4v) is 4.13. The van der Waals surface area contributed by atoms with Crippen LogP contribution in [0.2, 0.25) is 0 Å². The maximum Gasteiger partial charge on any atom is 0.266 e. The summed E-state index contributed by atoms with van der Waals surface area (Å²) in [6, 6.07) is 5.83. The van der Waals surface area contributed by atoms with Gasteiger partial charge < -0.3 is 9.84 Å². The van der Waals surface area contributed by atoms with Crippen LogP contribution in [0.5, 0.6) is 0 Å². The Morgan fingerprint density at radius 3 is 2.80 bits per heavy atom. The van der Waals surface area contributed by atoms with Crippen LogP contribution in [-0.4, -0.2) is 26.7 Å².